The van der Waals surface area contributed by atoms with Crippen LogP contribution in [-0.4, -0.2) is 15.7 Å². The second-order valence-electron chi connectivity index (χ2n) is 4.16. The quantitative estimate of drug-likeness (QED) is 0.864. The molecule has 4 heteroatoms. The first-order valence-corrected chi connectivity index (χ1v) is 6.28. The van der Waals surface area contributed by atoms with Gasteiger partial charge >= 0.3 is 0 Å². The molecule has 0 spiro atoms. The van der Waals surface area contributed by atoms with E-state index in [2.05, 4.69) is 26.2 Å². The Morgan fingerprint density at radius 1 is 1.44 bits per heavy atom. The average Bonchev–Trinajstić information content (AvgIpc) is 2.28. The van der Waals surface area contributed by atoms with Crippen LogP contribution < -0.4 is 5.32 Å². The van der Waals surface area contributed by atoms with Crippen molar-refractivity contribution >= 4 is 21.8 Å². The molecule has 1 aromatic rings. The molecule has 0 aromatic carbocycles. The predicted octanol–water partition coefficient (Wildman–Crippen LogP) is 2.68. The number of hydrogen-bond acceptors (Lipinski definition) is 2. The van der Waals surface area contributed by atoms with Crippen LogP contribution >= 0.6 is 15.9 Å². The number of nitrogens with one attached hydrogen (secondary N) is 1. The minimum Gasteiger partial charge on any atom is -0.349 e. The lowest BCUT2D eigenvalue weighted by Crippen LogP contribution is -2.35. The Kier molecular flexibility index (Phi) is 4.93. The molecule has 16 heavy (non-hydrogen) atoms. The highest BCUT2D eigenvalue weighted by Gasteiger charge is 2.20. The lowest BCUT2D eigenvalue weighted by atomic mass is 10.1. The van der Waals surface area contributed by atoms with E-state index in [9.17, 15) is 4.79 Å². The van der Waals surface area contributed by atoms with Crippen molar-refractivity contribution in [1.29, 1.82) is 0 Å². The van der Waals surface area contributed by atoms with Crippen LogP contribution in [0.5, 0.6) is 0 Å². The molecule has 88 valence electrons. The maximum atomic E-state index is 11.8. The molecule has 1 amide bonds. The molecule has 2 unspecified atom stereocenters. The fourth-order valence-electron chi connectivity index (χ4n) is 1.31. The first-order chi connectivity index (χ1) is 7.52. The van der Waals surface area contributed by atoms with Gasteiger partial charge in [-0.25, -0.2) is 0 Å². The Labute approximate surface area is 105 Å². The first-order valence-electron chi connectivity index (χ1n) is 5.36. The van der Waals surface area contributed by atoms with Gasteiger partial charge in [-0.2, -0.15) is 0 Å². The number of amides is 1. The Balaban J connectivity index is 2.58. The third-order valence-electron chi connectivity index (χ3n) is 2.38. The summed E-state index contributed by atoms with van der Waals surface area (Å²) in [4.78, 5) is 15.7. The standard InChI is InChI=1S/C12H17BrN2O/c1-8(2)11(13)12(16)15-9(3)10-5-4-6-14-7-10/h4-9,11H,1-3H3,(H,15,16). The van der Waals surface area contributed by atoms with E-state index in [1.807, 2.05) is 32.9 Å². The number of pyridine rings is 1. The van der Waals surface area contributed by atoms with E-state index in [1.54, 1.807) is 12.4 Å². The van der Waals surface area contributed by atoms with Gasteiger partial charge in [-0.15, -0.1) is 0 Å². The number of nitrogens with zero attached hydrogens (tertiary/aromatic N) is 1. The topological polar surface area (TPSA) is 42.0 Å². The number of aromatic nitrogens is 1. The smallest absolute Gasteiger partial charge is 0.234 e. The summed E-state index contributed by atoms with van der Waals surface area (Å²) >= 11 is 3.38. The van der Waals surface area contributed by atoms with Gasteiger partial charge in [-0.1, -0.05) is 35.8 Å². The average molecular weight is 285 g/mol. The van der Waals surface area contributed by atoms with E-state index in [4.69, 9.17) is 0 Å². The lowest BCUT2D eigenvalue weighted by molar-refractivity contribution is -0.121. The number of carbonyl (C=O) groups is 1. The minimum absolute atomic E-state index is 0.0139. The number of alkyl halides is 1. The van der Waals surface area contributed by atoms with Crippen LogP contribution in [0.15, 0.2) is 24.5 Å². The van der Waals surface area contributed by atoms with Crippen LogP contribution in [0.4, 0.5) is 0 Å². The summed E-state index contributed by atoms with van der Waals surface area (Å²) in [5.41, 5.74) is 1.01. The summed E-state index contributed by atoms with van der Waals surface area (Å²) in [7, 11) is 0. The van der Waals surface area contributed by atoms with Crippen molar-refractivity contribution in [1.82, 2.24) is 10.3 Å². The van der Waals surface area contributed by atoms with Crippen molar-refractivity contribution in [3.63, 3.8) is 0 Å². The molecule has 0 aliphatic heterocycles. The zero-order valence-corrected chi connectivity index (χ0v) is 11.4. The third-order valence-corrected chi connectivity index (χ3v) is 3.85. The van der Waals surface area contributed by atoms with Crippen molar-refractivity contribution in [3.8, 4) is 0 Å². The van der Waals surface area contributed by atoms with Crippen LogP contribution in [-0.2, 0) is 4.79 Å². The molecule has 2 atom stereocenters. The molecule has 3 nitrogen and oxygen atoms in total. The van der Waals surface area contributed by atoms with Crippen molar-refractivity contribution < 1.29 is 4.79 Å². The van der Waals surface area contributed by atoms with Crippen molar-refractivity contribution in [2.45, 2.75) is 31.6 Å². The third kappa shape index (κ3) is 3.59. The normalized spacial score (nSPS) is 14.6. The van der Waals surface area contributed by atoms with Crippen molar-refractivity contribution in [2.75, 3.05) is 0 Å². The Morgan fingerprint density at radius 3 is 2.62 bits per heavy atom. The summed E-state index contributed by atoms with van der Waals surface area (Å²) in [6.07, 6.45) is 3.49. The van der Waals surface area contributed by atoms with Gasteiger partial charge in [-0.3, -0.25) is 9.78 Å². The Hall–Kier alpha value is -0.900. The fraction of sp³-hybridized carbons (Fsp3) is 0.500. The van der Waals surface area contributed by atoms with E-state index in [0.717, 1.165) is 5.56 Å². The van der Waals surface area contributed by atoms with Gasteiger partial charge in [0.2, 0.25) is 5.91 Å². The second kappa shape index (κ2) is 5.99. The maximum Gasteiger partial charge on any atom is 0.234 e. The number of hydrogen-bond donors (Lipinski definition) is 1. The molecular weight excluding hydrogens is 268 g/mol. The molecular formula is C12H17BrN2O. The molecule has 0 aliphatic rings. The highest BCUT2D eigenvalue weighted by molar-refractivity contribution is 9.10. The molecule has 1 N–H and O–H groups in total. The summed E-state index contributed by atoms with van der Waals surface area (Å²) in [5, 5.41) is 2.95. The minimum atomic E-state index is -0.147. The van der Waals surface area contributed by atoms with Crippen molar-refractivity contribution in [2.24, 2.45) is 5.92 Å². The van der Waals surface area contributed by atoms with E-state index in [1.165, 1.54) is 0 Å². The molecule has 1 heterocycles. The summed E-state index contributed by atoms with van der Waals surface area (Å²) < 4.78 is 0. The van der Waals surface area contributed by atoms with Gasteiger partial charge in [0.05, 0.1) is 10.9 Å². The summed E-state index contributed by atoms with van der Waals surface area (Å²) in [5.74, 6) is 0.299. The predicted molar refractivity (Wildman–Crippen MR) is 68.3 cm³/mol. The Morgan fingerprint density at radius 2 is 2.12 bits per heavy atom. The lowest BCUT2D eigenvalue weighted by Gasteiger charge is -2.18. The van der Waals surface area contributed by atoms with Gasteiger partial charge in [0, 0.05) is 12.4 Å². The van der Waals surface area contributed by atoms with Crippen LogP contribution in [0.25, 0.3) is 0 Å². The monoisotopic (exact) mass is 284 g/mol. The van der Waals surface area contributed by atoms with Crippen LogP contribution in [0.3, 0.4) is 0 Å². The van der Waals surface area contributed by atoms with Crippen LogP contribution in [0.1, 0.15) is 32.4 Å². The zero-order valence-electron chi connectivity index (χ0n) is 9.77. The molecule has 0 aliphatic carbocycles. The number of carbonyl (C=O) groups excluding carboxylic acids is 1. The first kappa shape index (κ1) is 13.2. The SMILES string of the molecule is CC(NC(=O)C(Br)C(C)C)c1cccnc1. The van der Waals surface area contributed by atoms with E-state index in [-0.39, 0.29) is 22.7 Å². The summed E-state index contributed by atoms with van der Waals surface area (Å²) in [6.45, 7) is 5.97. The molecule has 0 bridgehead atoms. The molecule has 0 saturated heterocycles. The van der Waals surface area contributed by atoms with Gasteiger partial charge in [0.1, 0.15) is 0 Å². The van der Waals surface area contributed by atoms with Gasteiger partial charge in [0.15, 0.2) is 0 Å². The zero-order chi connectivity index (χ0) is 12.1. The van der Waals surface area contributed by atoms with Gasteiger partial charge in [-0.05, 0) is 24.5 Å². The van der Waals surface area contributed by atoms with Crippen LogP contribution in [0.2, 0.25) is 0 Å². The van der Waals surface area contributed by atoms with E-state index in [0.29, 0.717) is 0 Å². The summed E-state index contributed by atoms with van der Waals surface area (Å²) in [6, 6.07) is 3.81. The second-order valence-corrected chi connectivity index (χ2v) is 5.15. The molecule has 0 radical (unpaired) electrons. The van der Waals surface area contributed by atoms with Gasteiger partial charge < -0.3 is 5.32 Å². The number of halogens is 1. The largest absolute Gasteiger partial charge is 0.349 e. The molecule has 1 aromatic heterocycles. The highest BCUT2D eigenvalue weighted by Crippen LogP contribution is 2.15. The van der Waals surface area contributed by atoms with Gasteiger partial charge in [0.25, 0.3) is 0 Å². The van der Waals surface area contributed by atoms with E-state index >= 15 is 0 Å². The van der Waals surface area contributed by atoms with Crippen molar-refractivity contribution in [3.05, 3.63) is 30.1 Å². The van der Waals surface area contributed by atoms with E-state index < -0.39 is 0 Å². The van der Waals surface area contributed by atoms with Crippen LogP contribution in [0, 0.1) is 5.92 Å². The Bertz CT molecular complexity index is 340. The molecule has 0 saturated carbocycles. The maximum absolute atomic E-state index is 11.8. The molecule has 0 fully saturated rings. The highest BCUT2D eigenvalue weighted by atomic mass is 79.9. The molecule has 1 rings (SSSR count). The number of rotatable bonds is 4. The fourth-order valence-corrected chi connectivity index (χ4v) is 1.44.